The normalized spacial score (nSPS) is 20.1. The number of aliphatic hydroxyl groups is 5. The molecule has 0 aromatic heterocycles. The molecule has 1 rings (SSSR count). The van der Waals surface area contributed by atoms with Gasteiger partial charge < -0.3 is 40.3 Å². The average molecular weight is 944 g/mol. The Bertz CT molecular complexity index is 1230. The van der Waals surface area contributed by atoms with E-state index >= 15 is 0 Å². The van der Waals surface area contributed by atoms with Gasteiger partial charge in [0.25, 0.3) is 0 Å². The van der Waals surface area contributed by atoms with E-state index in [1.807, 2.05) is 6.08 Å². The van der Waals surface area contributed by atoms with Gasteiger partial charge in [0.05, 0.1) is 25.4 Å². The van der Waals surface area contributed by atoms with E-state index in [4.69, 9.17) is 9.47 Å². The van der Waals surface area contributed by atoms with E-state index in [1.54, 1.807) is 6.08 Å². The number of allylic oxidation sites excluding steroid dienone is 9. The van der Waals surface area contributed by atoms with Gasteiger partial charge in [-0.05, 0) is 70.6 Å². The maximum absolute atomic E-state index is 13.0. The number of hydrogen-bond donors (Lipinski definition) is 6. The van der Waals surface area contributed by atoms with E-state index in [0.717, 1.165) is 77.0 Å². The van der Waals surface area contributed by atoms with Crippen molar-refractivity contribution in [2.45, 2.75) is 288 Å². The van der Waals surface area contributed by atoms with Crippen molar-refractivity contribution in [3.8, 4) is 0 Å². The number of rotatable bonds is 47. The highest BCUT2D eigenvalue weighted by molar-refractivity contribution is 5.76. The molecule has 390 valence electrons. The summed E-state index contributed by atoms with van der Waals surface area (Å²) in [5, 5.41) is 54.3. The number of ether oxygens (including phenoxy) is 2. The monoisotopic (exact) mass is 944 g/mol. The minimum Gasteiger partial charge on any atom is -0.394 e. The first-order valence-electron chi connectivity index (χ1n) is 28.0. The average Bonchev–Trinajstić information content (AvgIpc) is 3.33. The number of hydrogen-bond acceptors (Lipinski definition) is 8. The minimum atomic E-state index is -1.58. The van der Waals surface area contributed by atoms with Crippen molar-refractivity contribution < 1.29 is 39.8 Å². The molecule has 1 heterocycles. The van der Waals surface area contributed by atoms with Crippen LogP contribution in [-0.4, -0.2) is 87.5 Å². The molecule has 6 N–H and O–H groups in total. The van der Waals surface area contributed by atoms with E-state index in [2.05, 4.69) is 67.8 Å². The van der Waals surface area contributed by atoms with Gasteiger partial charge in [-0.1, -0.05) is 229 Å². The van der Waals surface area contributed by atoms with Crippen LogP contribution in [0.4, 0.5) is 0 Å². The number of nitrogens with one attached hydrogen (secondary N) is 1. The summed E-state index contributed by atoms with van der Waals surface area (Å²) in [5.74, 6) is -0.207. The van der Waals surface area contributed by atoms with E-state index in [-0.39, 0.29) is 12.5 Å². The minimum absolute atomic E-state index is 0.207. The van der Waals surface area contributed by atoms with Crippen molar-refractivity contribution in [2.24, 2.45) is 0 Å². The maximum atomic E-state index is 13.0. The molecule has 0 spiro atoms. The van der Waals surface area contributed by atoms with Crippen molar-refractivity contribution in [1.82, 2.24) is 5.32 Å². The smallest absolute Gasteiger partial charge is 0.220 e. The van der Waals surface area contributed by atoms with Gasteiger partial charge in [-0.15, -0.1) is 0 Å². The summed E-state index contributed by atoms with van der Waals surface area (Å²) in [5.41, 5.74) is 0. The molecule has 0 aromatic carbocycles. The molecule has 7 atom stereocenters. The molecule has 0 saturated carbocycles. The number of unbranched alkanes of at least 4 members (excludes halogenated alkanes) is 29. The molecule has 0 bridgehead atoms. The first-order chi connectivity index (χ1) is 32.8. The van der Waals surface area contributed by atoms with Crippen LogP contribution in [0, 0.1) is 0 Å². The molecule has 1 aliphatic rings. The Hall–Kier alpha value is -2.11. The molecule has 1 fully saturated rings. The van der Waals surface area contributed by atoms with Crippen LogP contribution in [-0.2, 0) is 14.3 Å². The third kappa shape index (κ3) is 37.4. The van der Waals surface area contributed by atoms with Crippen LogP contribution in [0.25, 0.3) is 0 Å². The van der Waals surface area contributed by atoms with Gasteiger partial charge in [-0.3, -0.25) is 4.79 Å². The Balaban J connectivity index is 2.22. The van der Waals surface area contributed by atoms with Crippen molar-refractivity contribution >= 4 is 5.91 Å². The first-order valence-corrected chi connectivity index (χ1v) is 28.0. The Morgan fingerprint density at radius 3 is 1.40 bits per heavy atom. The lowest BCUT2D eigenvalue weighted by atomic mass is 9.99. The second-order valence-electron chi connectivity index (χ2n) is 19.4. The lowest BCUT2D eigenvalue weighted by Crippen LogP contribution is -2.60. The van der Waals surface area contributed by atoms with E-state index in [1.165, 1.54) is 148 Å². The molecule has 9 nitrogen and oxygen atoms in total. The van der Waals surface area contributed by atoms with E-state index < -0.39 is 49.5 Å². The molecule has 1 saturated heterocycles. The lowest BCUT2D eigenvalue weighted by Gasteiger charge is -2.40. The van der Waals surface area contributed by atoms with Crippen LogP contribution in [0.3, 0.4) is 0 Å². The fourth-order valence-electron chi connectivity index (χ4n) is 8.58. The van der Waals surface area contributed by atoms with Crippen LogP contribution in [0.2, 0.25) is 0 Å². The van der Waals surface area contributed by atoms with Gasteiger partial charge in [0, 0.05) is 6.42 Å². The molecule has 67 heavy (non-hydrogen) atoms. The van der Waals surface area contributed by atoms with Gasteiger partial charge in [0.2, 0.25) is 5.91 Å². The summed E-state index contributed by atoms with van der Waals surface area (Å²) in [7, 11) is 0. The largest absolute Gasteiger partial charge is 0.394 e. The Kier molecular flexibility index (Phi) is 44.7. The highest BCUT2D eigenvalue weighted by Gasteiger charge is 2.44. The fraction of sp³-hybridized carbons (Fsp3) is 0.810. The molecular weight excluding hydrogens is 839 g/mol. The highest BCUT2D eigenvalue weighted by atomic mass is 16.7. The zero-order valence-electron chi connectivity index (χ0n) is 43.1. The molecule has 0 radical (unpaired) electrons. The van der Waals surface area contributed by atoms with Gasteiger partial charge in [0.15, 0.2) is 6.29 Å². The summed E-state index contributed by atoms with van der Waals surface area (Å²) >= 11 is 0. The van der Waals surface area contributed by atoms with Crippen LogP contribution < -0.4 is 5.32 Å². The van der Waals surface area contributed by atoms with E-state index in [0.29, 0.717) is 6.42 Å². The van der Waals surface area contributed by atoms with Gasteiger partial charge in [-0.25, -0.2) is 0 Å². The molecule has 1 amide bonds. The first kappa shape index (κ1) is 62.9. The quantitative estimate of drug-likeness (QED) is 0.0261. The summed E-state index contributed by atoms with van der Waals surface area (Å²) in [6.07, 6.45) is 57.4. The van der Waals surface area contributed by atoms with Crippen molar-refractivity contribution in [1.29, 1.82) is 0 Å². The lowest BCUT2D eigenvalue weighted by molar-refractivity contribution is -0.302. The Morgan fingerprint density at radius 2 is 0.925 bits per heavy atom. The second-order valence-corrected chi connectivity index (χ2v) is 19.4. The fourth-order valence-corrected chi connectivity index (χ4v) is 8.58. The number of carbonyl (C=O) groups excluding carboxylic acids is 1. The van der Waals surface area contributed by atoms with Gasteiger partial charge >= 0.3 is 0 Å². The number of aliphatic hydroxyl groups excluding tert-OH is 5. The number of carbonyl (C=O) groups is 1. The van der Waals surface area contributed by atoms with E-state index in [9.17, 15) is 30.3 Å². The Labute approximate surface area is 411 Å². The van der Waals surface area contributed by atoms with Crippen molar-refractivity contribution in [3.63, 3.8) is 0 Å². The molecule has 1 aliphatic heterocycles. The highest BCUT2D eigenvalue weighted by Crippen LogP contribution is 2.23. The number of amides is 1. The Morgan fingerprint density at radius 1 is 0.507 bits per heavy atom. The molecular formula is C58H105NO8. The van der Waals surface area contributed by atoms with Crippen LogP contribution in [0.5, 0.6) is 0 Å². The SMILES string of the molecule is CCC/C=C\C/C=C\CCCCCCCC(=O)NC(COC1OC(CO)C(O)C(O)C1O)C(O)/C=C/CC/C=C/CC/C=C/CCCCCCCCCCCCCCCCCCCCCCC. The van der Waals surface area contributed by atoms with Gasteiger partial charge in [0.1, 0.15) is 24.4 Å². The zero-order chi connectivity index (χ0) is 48.7. The van der Waals surface area contributed by atoms with Crippen molar-refractivity contribution in [2.75, 3.05) is 13.2 Å². The van der Waals surface area contributed by atoms with Crippen LogP contribution >= 0.6 is 0 Å². The maximum Gasteiger partial charge on any atom is 0.220 e. The summed E-state index contributed by atoms with van der Waals surface area (Å²) in [6.45, 7) is 3.69. The van der Waals surface area contributed by atoms with Crippen LogP contribution in [0.1, 0.15) is 245 Å². The topological polar surface area (TPSA) is 149 Å². The molecule has 9 heteroatoms. The molecule has 0 aliphatic carbocycles. The molecule has 7 unspecified atom stereocenters. The van der Waals surface area contributed by atoms with Crippen molar-refractivity contribution in [3.05, 3.63) is 60.8 Å². The third-order valence-corrected chi connectivity index (χ3v) is 13.0. The standard InChI is InChI=1S/C58H105NO8/c1-3-5-7-9-11-13-15-17-18-19-20-21-22-23-24-25-26-27-28-29-30-31-32-33-34-36-37-39-41-43-45-47-52(61)51(50-66-58-57(65)56(64)55(63)53(49-60)67-58)59-54(62)48-46-44-42-40-38-35-16-14-12-10-8-6-4-2/h8,10,14,16,32-33,37,39,45,47,51-53,55-58,60-61,63-65H,3-7,9,11-13,15,17-31,34-36,38,40-44,46,48-50H2,1-2H3,(H,59,62)/b10-8-,16-14-,33-32+,39-37+,47-45+. The third-order valence-electron chi connectivity index (χ3n) is 13.0. The second kappa shape index (κ2) is 47.6. The summed E-state index contributed by atoms with van der Waals surface area (Å²) < 4.78 is 11.2. The zero-order valence-corrected chi connectivity index (χ0v) is 43.1. The van der Waals surface area contributed by atoms with Crippen LogP contribution in [0.15, 0.2) is 60.8 Å². The van der Waals surface area contributed by atoms with Gasteiger partial charge in [-0.2, -0.15) is 0 Å². The molecule has 0 aromatic rings. The predicted octanol–water partition coefficient (Wildman–Crippen LogP) is 13.5. The summed E-state index contributed by atoms with van der Waals surface area (Å²) in [4.78, 5) is 13.0. The predicted molar refractivity (Wildman–Crippen MR) is 281 cm³/mol. The summed E-state index contributed by atoms with van der Waals surface area (Å²) in [6, 6.07) is -0.837.